The van der Waals surface area contributed by atoms with Crippen LogP contribution in [0.15, 0.2) is 41.3 Å². The van der Waals surface area contributed by atoms with Crippen LogP contribution in [0.1, 0.15) is 18.8 Å². The molecule has 2 heterocycles. The molecule has 2 aromatic heterocycles. The van der Waals surface area contributed by atoms with E-state index in [1.165, 1.54) is 4.57 Å². The summed E-state index contributed by atoms with van der Waals surface area (Å²) < 4.78 is 1.47. The largest absolute Gasteiger partial charge is 0.322 e. The highest BCUT2D eigenvalue weighted by Crippen LogP contribution is 2.14. The maximum Gasteiger partial charge on any atom is 0.267 e. The predicted octanol–water partition coefficient (Wildman–Crippen LogP) is 1.13. The smallest absolute Gasteiger partial charge is 0.267 e. The summed E-state index contributed by atoms with van der Waals surface area (Å²) in [5.41, 5.74) is 6.42. The first-order valence-electron chi connectivity index (χ1n) is 5.95. The van der Waals surface area contributed by atoms with Crippen molar-refractivity contribution in [3.63, 3.8) is 0 Å². The van der Waals surface area contributed by atoms with E-state index < -0.39 is 0 Å². The van der Waals surface area contributed by atoms with Crippen LogP contribution in [-0.2, 0) is 0 Å². The molecule has 96 valence electrons. The van der Waals surface area contributed by atoms with Crippen molar-refractivity contribution >= 4 is 10.9 Å². The Morgan fingerprint density at radius 3 is 2.79 bits per heavy atom. The molecule has 0 amide bonds. The monoisotopic (exact) mass is 255 g/mol. The molecule has 3 N–H and O–H groups in total. The number of benzene rings is 1. The van der Waals surface area contributed by atoms with E-state index in [4.69, 9.17) is 5.73 Å². The number of aromatic nitrogens is 4. The molecule has 1 unspecified atom stereocenters. The lowest BCUT2D eigenvalue weighted by molar-refractivity contribution is 0.688. The Bertz CT molecular complexity index is 773. The van der Waals surface area contributed by atoms with Crippen LogP contribution < -0.4 is 11.3 Å². The van der Waals surface area contributed by atoms with Gasteiger partial charge in [-0.1, -0.05) is 12.1 Å². The number of hydrogen-bond donors (Lipinski definition) is 2. The Labute approximate surface area is 108 Å². The molecule has 0 bridgehead atoms. The number of rotatable bonds is 2. The minimum absolute atomic E-state index is 0.151. The molecule has 0 aliphatic carbocycles. The van der Waals surface area contributed by atoms with Gasteiger partial charge in [0.2, 0.25) is 0 Å². The van der Waals surface area contributed by atoms with Crippen LogP contribution in [0.5, 0.6) is 0 Å². The van der Waals surface area contributed by atoms with Crippen molar-refractivity contribution in [1.29, 1.82) is 0 Å². The molecular formula is C13H13N5O. The van der Waals surface area contributed by atoms with Crippen LogP contribution >= 0.6 is 0 Å². The number of H-pyrrole nitrogens is 1. The minimum atomic E-state index is -0.361. The van der Waals surface area contributed by atoms with E-state index in [1.807, 2.05) is 12.1 Å². The van der Waals surface area contributed by atoms with Gasteiger partial charge in [0.05, 0.1) is 23.1 Å². The normalized spacial score (nSPS) is 12.7. The van der Waals surface area contributed by atoms with Crippen LogP contribution in [0.2, 0.25) is 0 Å². The molecule has 0 fully saturated rings. The Hall–Kier alpha value is -2.47. The molecule has 1 atom stereocenters. The van der Waals surface area contributed by atoms with Crippen LogP contribution in [0.3, 0.4) is 0 Å². The third kappa shape index (κ3) is 1.82. The van der Waals surface area contributed by atoms with E-state index in [2.05, 4.69) is 15.2 Å². The van der Waals surface area contributed by atoms with Crippen LogP contribution in [0.25, 0.3) is 16.7 Å². The van der Waals surface area contributed by atoms with Gasteiger partial charge in [0.15, 0.2) is 0 Å². The average molecular weight is 255 g/mol. The fourth-order valence-electron chi connectivity index (χ4n) is 2.06. The molecule has 0 aliphatic rings. The van der Waals surface area contributed by atoms with E-state index >= 15 is 0 Å². The Kier molecular flexibility index (Phi) is 2.64. The highest BCUT2D eigenvalue weighted by atomic mass is 16.1. The molecule has 6 heteroatoms. The Balaban J connectivity index is 2.44. The molecule has 3 rings (SSSR count). The molecule has 19 heavy (non-hydrogen) atoms. The van der Waals surface area contributed by atoms with Crippen molar-refractivity contribution in [2.45, 2.75) is 13.0 Å². The van der Waals surface area contributed by atoms with Crippen LogP contribution in [0, 0.1) is 0 Å². The third-order valence-electron chi connectivity index (χ3n) is 2.94. The topological polar surface area (TPSA) is 89.6 Å². The maximum absolute atomic E-state index is 12.6. The molecule has 0 spiro atoms. The van der Waals surface area contributed by atoms with E-state index in [0.717, 1.165) is 0 Å². The lowest BCUT2D eigenvalue weighted by Crippen LogP contribution is -2.27. The van der Waals surface area contributed by atoms with Crippen LogP contribution in [-0.4, -0.2) is 19.7 Å². The zero-order valence-electron chi connectivity index (χ0n) is 10.4. The standard InChI is InChI=1S/C13H13N5O/c1-8(14)12-16-10-5-3-2-4-9(10)13(19)18(12)11-6-7-15-17-11/h2-8H,14H2,1H3,(H,15,17). The summed E-state index contributed by atoms with van der Waals surface area (Å²) in [5.74, 6) is 1.07. The fraction of sp³-hybridized carbons (Fsp3) is 0.154. The summed E-state index contributed by atoms with van der Waals surface area (Å²) in [7, 11) is 0. The summed E-state index contributed by atoms with van der Waals surface area (Å²) >= 11 is 0. The molecule has 0 aliphatic heterocycles. The molecule has 3 aromatic rings. The van der Waals surface area contributed by atoms with Gasteiger partial charge in [0, 0.05) is 6.07 Å². The van der Waals surface area contributed by atoms with Gasteiger partial charge in [-0.3, -0.25) is 9.89 Å². The molecule has 0 saturated heterocycles. The molecule has 1 aromatic carbocycles. The SMILES string of the molecule is CC(N)c1nc2ccccc2c(=O)n1-c1ccn[nH]1. The van der Waals surface area contributed by atoms with Gasteiger partial charge in [-0.25, -0.2) is 9.55 Å². The second kappa shape index (κ2) is 4.33. The predicted molar refractivity (Wildman–Crippen MR) is 72.1 cm³/mol. The number of nitrogens with two attached hydrogens (primary N) is 1. The van der Waals surface area contributed by atoms with Crippen molar-refractivity contribution in [1.82, 2.24) is 19.7 Å². The molecule has 0 saturated carbocycles. The molecule has 6 nitrogen and oxygen atoms in total. The summed E-state index contributed by atoms with van der Waals surface area (Å²) in [6.07, 6.45) is 1.59. The van der Waals surface area contributed by atoms with Crippen molar-refractivity contribution in [3.05, 3.63) is 52.7 Å². The highest BCUT2D eigenvalue weighted by Gasteiger charge is 2.15. The summed E-state index contributed by atoms with van der Waals surface area (Å²) in [6, 6.07) is 8.57. The van der Waals surface area contributed by atoms with Crippen molar-refractivity contribution in [2.75, 3.05) is 0 Å². The lowest BCUT2D eigenvalue weighted by Gasteiger charge is -2.14. The number of fused-ring (bicyclic) bond motifs is 1. The second-order valence-corrected chi connectivity index (χ2v) is 4.36. The van der Waals surface area contributed by atoms with Gasteiger partial charge in [-0.05, 0) is 19.1 Å². The molecule has 0 radical (unpaired) electrons. The van der Waals surface area contributed by atoms with E-state index in [1.54, 1.807) is 31.3 Å². The number of aromatic amines is 1. The number of nitrogens with zero attached hydrogens (tertiary/aromatic N) is 3. The third-order valence-corrected chi connectivity index (χ3v) is 2.94. The van der Waals surface area contributed by atoms with Crippen molar-refractivity contribution < 1.29 is 0 Å². The number of nitrogens with one attached hydrogen (secondary N) is 1. The number of para-hydroxylation sites is 1. The van der Waals surface area contributed by atoms with Gasteiger partial charge in [0.25, 0.3) is 5.56 Å². The first kappa shape index (κ1) is 11.6. The van der Waals surface area contributed by atoms with Crippen molar-refractivity contribution in [2.24, 2.45) is 5.73 Å². The number of hydrogen-bond acceptors (Lipinski definition) is 4. The summed E-state index contributed by atoms with van der Waals surface area (Å²) in [4.78, 5) is 17.1. The zero-order valence-corrected chi connectivity index (χ0v) is 10.4. The van der Waals surface area contributed by atoms with Gasteiger partial charge in [-0.2, -0.15) is 5.10 Å². The van der Waals surface area contributed by atoms with E-state index in [-0.39, 0.29) is 11.6 Å². The summed E-state index contributed by atoms with van der Waals surface area (Å²) in [6.45, 7) is 1.80. The Morgan fingerprint density at radius 2 is 2.11 bits per heavy atom. The first-order chi connectivity index (χ1) is 9.18. The fourth-order valence-corrected chi connectivity index (χ4v) is 2.06. The van der Waals surface area contributed by atoms with Crippen molar-refractivity contribution in [3.8, 4) is 5.82 Å². The van der Waals surface area contributed by atoms with E-state index in [0.29, 0.717) is 22.5 Å². The minimum Gasteiger partial charge on any atom is -0.322 e. The lowest BCUT2D eigenvalue weighted by atomic mass is 10.2. The highest BCUT2D eigenvalue weighted by molar-refractivity contribution is 5.77. The Morgan fingerprint density at radius 1 is 1.32 bits per heavy atom. The molecular weight excluding hydrogens is 242 g/mol. The van der Waals surface area contributed by atoms with Gasteiger partial charge < -0.3 is 5.73 Å². The van der Waals surface area contributed by atoms with E-state index in [9.17, 15) is 4.79 Å². The van der Waals surface area contributed by atoms with Gasteiger partial charge in [-0.15, -0.1) is 0 Å². The average Bonchev–Trinajstić information content (AvgIpc) is 2.92. The van der Waals surface area contributed by atoms with Crippen LogP contribution in [0.4, 0.5) is 0 Å². The maximum atomic E-state index is 12.6. The quantitative estimate of drug-likeness (QED) is 0.718. The zero-order chi connectivity index (χ0) is 13.4. The first-order valence-corrected chi connectivity index (χ1v) is 5.95. The second-order valence-electron chi connectivity index (χ2n) is 4.36. The van der Waals surface area contributed by atoms with Gasteiger partial charge in [0.1, 0.15) is 11.6 Å². The van der Waals surface area contributed by atoms with Gasteiger partial charge >= 0.3 is 0 Å². The summed E-state index contributed by atoms with van der Waals surface area (Å²) in [5, 5.41) is 7.20.